The molecule has 0 aliphatic carbocycles. The Hall–Kier alpha value is -3.15. The first-order valence-electron chi connectivity index (χ1n) is 8.10. The third-order valence-corrected chi connectivity index (χ3v) is 4.55. The van der Waals surface area contributed by atoms with Crippen molar-refractivity contribution in [1.82, 2.24) is 14.9 Å². The zero-order valence-corrected chi connectivity index (χ0v) is 13.8. The summed E-state index contributed by atoms with van der Waals surface area (Å²) in [5.74, 6) is -0.101. The van der Waals surface area contributed by atoms with E-state index < -0.39 is 5.91 Å². The molecule has 1 aliphatic rings. The predicted molar refractivity (Wildman–Crippen MR) is 93.9 cm³/mol. The van der Waals surface area contributed by atoms with Gasteiger partial charge in [0.1, 0.15) is 5.56 Å². The summed E-state index contributed by atoms with van der Waals surface area (Å²) < 4.78 is 7.38. The molecule has 1 aliphatic heterocycles. The number of aromatic nitrogens is 2. The second kappa shape index (κ2) is 6.05. The number of para-hydroxylation sites is 1. The summed E-state index contributed by atoms with van der Waals surface area (Å²) in [6.07, 6.45) is 4.15. The van der Waals surface area contributed by atoms with E-state index in [0.717, 1.165) is 23.1 Å². The number of ether oxygens (including phenoxy) is 1. The normalized spacial score (nSPS) is 12.4. The first kappa shape index (κ1) is 15.4. The van der Waals surface area contributed by atoms with Gasteiger partial charge in [0, 0.05) is 30.9 Å². The molecule has 3 aromatic rings. The van der Waals surface area contributed by atoms with Gasteiger partial charge in [-0.15, -0.1) is 0 Å². The lowest BCUT2D eigenvalue weighted by Gasteiger charge is -2.15. The highest BCUT2D eigenvalue weighted by Gasteiger charge is 2.26. The van der Waals surface area contributed by atoms with Gasteiger partial charge in [-0.2, -0.15) is 0 Å². The van der Waals surface area contributed by atoms with E-state index in [2.05, 4.69) is 10.3 Å². The van der Waals surface area contributed by atoms with E-state index in [-0.39, 0.29) is 11.0 Å². The Balaban J connectivity index is 1.78. The molecule has 25 heavy (non-hydrogen) atoms. The molecule has 126 valence electrons. The first-order chi connectivity index (χ1) is 12.2. The van der Waals surface area contributed by atoms with Crippen LogP contribution < -0.4 is 15.5 Å². The average molecular weight is 335 g/mol. The van der Waals surface area contributed by atoms with Crippen LogP contribution in [-0.4, -0.2) is 22.6 Å². The van der Waals surface area contributed by atoms with E-state index in [1.165, 1.54) is 7.11 Å². The van der Waals surface area contributed by atoms with Gasteiger partial charge < -0.3 is 14.6 Å². The number of carbonyl (C=O) groups is 1. The molecule has 0 radical (unpaired) electrons. The fourth-order valence-corrected chi connectivity index (χ4v) is 3.39. The summed E-state index contributed by atoms with van der Waals surface area (Å²) >= 11 is 0. The van der Waals surface area contributed by atoms with Gasteiger partial charge in [-0.05, 0) is 35.7 Å². The summed E-state index contributed by atoms with van der Waals surface area (Å²) in [6, 6.07) is 9.27. The van der Waals surface area contributed by atoms with Gasteiger partial charge in [0.25, 0.3) is 5.91 Å². The number of nitrogens with zero attached hydrogens (tertiary/aromatic N) is 2. The molecule has 3 heterocycles. The fourth-order valence-electron chi connectivity index (χ4n) is 3.39. The smallest absolute Gasteiger partial charge is 0.261 e. The van der Waals surface area contributed by atoms with E-state index in [9.17, 15) is 9.59 Å². The SMILES string of the molecule is COc1c(C(=O)NCc2ccncc2)c(=O)c2cccc3c2n1CC3. The lowest BCUT2D eigenvalue weighted by atomic mass is 10.1. The van der Waals surface area contributed by atoms with Crippen LogP contribution in [0.25, 0.3) is 10.9 Å². The molecular formula is C19H17N3O3. The quantitative estimate of drug-likeness (QED) is 0.790. The van der Waals surface area contributed by atoms with Gasteiger partial charge >= 0.3 is 0 Å². The lowest BCUT2D eigenvalue weighted by molar-refractivity contribution is 0.0945. The Kier molecular flexibility index (Phi) is 3.72. The molecule has 0 saturated heterocycles. The molecule has 1 aromatic carbocycles. The zero-order valence-electron chi connectivity index (χ0n) is 13.8. The number of carbonyl (C=O) groups excluding carboxylic acids is 1. The van der Waals surface area contributed by atoms with Crippen molar-refractivity contribution in [2.45, 2.75) is 19.5 Å². The highest BCUT2D eigenvalue weighted by Crippen LogP contribution is 2.30. The minimum Gasteiger partial charge on any atom is -0.481 e. The topological polar surface area (TPSA) is 73.2 Å². The van der Waals surface area contributed by atoms with Crippen LogP contribution in [-0.2, 0) is 19.5 Å². The van der Waals surface area contributed by atoms with Crippen molar-refractivity contribution >= 4 is 16.8 Å². The van der Waals surface area contributed by atoms with Crippen LogP contribution in [0.3, 0.4) is 0 Å². The van der Waals surface area contributed by atoms with E-state index in [1.807, 2.05) is 28.8 Å². The van der Waals surface area contributed by atoms with Crippen molar-refractivity contribution in [1.29, 1.82) is 0 Å². The van der Waals surface area contributed by atoms with Crippen LogP contribution in [0.15, 0.2) is 47.5 Å². The number of amides is 1. The molecule has 0 unspecified atom stereocenters. The number of nitrogens with one attached hydrogen (secondary N) is 1. The van der Waals surface area contributed by atoms with Gasteiger partial charge in [-0.3, -0.25) is 14.6 Å². The molecule has 4 rings (SSSR count). The minimum absolute atomic E-state index is 0.0584. The Labute approximate surface area is 144 Å². The maximum absolute atomic E-state index is 12.9. The van der Waals surface area contributed by atoms with Gasteiger partial charge in [0.15, 0.2) is 0 Å². The standard InChI is InChI=1S/C19H17N3O3/c1-25-19-15(18(24)21-11-12-5-8-20-9-6-12)17(23)14-4-2-3-13-7-10-22(19)16(13)14/h2-6,8-9H,7,10-11H2,1H3,(H,21,24). The van der Waals surface area contributed by atoms with E-state index in [0.29, 0.717) is 24.4 Å². The Morgan fingerprint density at radius 2 is 2.08 bits per heavy atom. The van der Waals surface area contributed by atoms with Crippen molar-refractivity contribution in [3.8, 4) is 5.88 Å². The number of aryl methyl sites for hydroxylation is 2. The Bertz CT molecular complexity index is 1030. The van der Waals surface area contributed by atoms with Gasteiger partial charge in [-0.1, -0.05) is 12.1 Å². The molecule has 6 nitrogen and oxygen atoms in total. The maximum atomic E-state index is 12.9. The molecule has 0 saturated carbocycles. The largest absolute Gasteiger partial charge is 0.481 e. The number of hydrogen-bond donors (Lipinski definition) is 1. The van der Waals surface area contributed by atoms with Crippen LogP contribution in [0.4, 0.5) is 0 Å². The fraction of sp³-hybridized carbons (Fsp3) is 0.211. The predicted octanol–water partition coefficient (Wildman–Crippen LogP) is 1.89. The van der Waals surface area contributed by atoms with Crippen LogP contribution in [0.1, 0.15) is 21.5 Å². The summed E-state index contributed by atoms with van der Waals surface area (Å²) in [7, 11) is 1.49. The second-order valence-electron chi connectivity index (χ2n) is 5.97. The Morgan fingerprint density at radius 3 is 2.84 bits per heavy atom. The van der Waals surface area contributed by atoms with Crippen LogP contribution in [0.2, 0.25) is 0 Å². The van der Waals surface area contributed by atoms with Gasteiger partial charge in [0.2, 0.25) is 11.3 Å². The maximum Gasteiger partial charge on any atom is 0.261 e. The van der Waals surface area contributed by atoms with Gasteiger partial charge in [0.05, 0.1) is 12.6 Å². The first-order valence-corrected chi connectivity index (χ1v) is 8.10. The van der Waals surface area contributed by atoms with Gasteiger partial charge in [-0.25, -0.2) is 0 Å². The highest BCUT2D eigenvalue weighted by molar-refractivity contribution is 6.00. The van der Waals surface area contributed by atoms with E-state index in [1.54, 1.807) is 18.5 Å². The average Bonchev–Trinajstić information content (AvgIpc) is 3.08. The highest BCUT2D eigenvalue weighted by atomic mass is 16.5. The van der Waals surface area contributed by atoms with Crippen molar-refractivity contribution < 1.29 is 9.53 Å². The summed E-state index contributed by atoms with van der Waals surface area (Å²) in [4.78, 5) is 29.6. The summed E-state index contributed by atoms with van der Waals surface area (Å²) in [5.41, 5.74) is 2.66. The molecular weight excluding hydrogens is 318 g/mol. The number of hydrogen-bond acceptors (Lipinski definition) is 4. The molecule has 0 atom stereocenters. The molecule has 6 heteroatoms. The van der Waals surface area contributed by atoms with E-state index >= 15 is 0 Å². The minimum atomic E-state index is -0.429. The van der Waals surface area contributed by atoms with Crippen molar-refractivity contribution in [2.75, 3.05) is 7.11 Å². The monoisotopic (exact) mass is 335 g/mol. The lowest BCUT2D eigenvalue weighted by Crippen LogP contribution is -2.30. The molecule has 0 fully saturated rings. The third-order valence-electron chi connectivity index (χ3n) is 4.55. The van der Waals surface area contributed by atoms with Crippen LogP contribution in [0.5, 0.6) is 5.88 Å². The number of rotatable bonds is 4. The summed E-state index contributed by atoms with van der Waals surface area (Å²) in [5, 5.41) is 3.36. The Morgan fingerprint density at radius 1 is 1.28 bits per heavy atom. The van der Waals surface area contributed by atoms with Crippen molar-refractivity contribution in [3.63, 3.8) is 0 Å². The molecule has 1 amide bonds. The van der Waals surface area contributed by atoms with Crippen LogP contribution >= 0.6 is 0 Å². The number of pyridine rings is 2. The molecule has 2 aromatic heterocycles. The third kappa shape index (κ3) is 2.46. The molecule has 0 bridgehead atoms. The number of benzene rings is 1. The number of methoxy groups -OCH3 is 1. The molecule has 0 spiro atoms. The van der Waals surface area contributed by atoms with Crippen LogP contribution in [0, 0.1) is 0 Å². The summed E-state index contributed by atoms with van der Waals surface area (Å²) in [6.45, 7) is 1.02. The zero-order chi connectivity index (χ0) is 17.4. The van der Waals surface area contributed by atoms with E-state index in [4.69, 9.17) is 4.74 Å². The molecule has 1 N–H and O–H groups in total. The second-order valence-corrected chi connectivity index (χ2v) is 5.97. The van der Waals surface area contributed by atoms with Crippen molar-refractivity contribution in [2.24, 2.45) is 0 Å². The van der Waals surface area contributed by atoms with Crippen molar-refractivity contribution in [3.05, 3.63) is 69.6 Å².